The number of methoxy groups -OCH3 is 1. The number of hydrogen-bond donors (Lipinski definition) is 2. The van der Waals surface area contributed by atoms with E-state index in [9.17, 15) is 9.90 Å². The molecule has 1 aliphatic rings. The van der Waals surface area contributed by atoms with Gasteiger partial charge in [0.2, 0.25) is 5.95 Å². The molecule has 0 aromatic carbocycles. The summed E-state index contributed by atoms with van der Waals surface area (Å²) in [5.74, 6) is 0.724. The maximum atomic E-state index is 11.6. The van der Waals surface area contributed by atoms with Crippen molar-refractivity contribution in [2.75, 3.05) is 30.5 Å². The van der Waals surface area contributed by atoms with Crippen LogP contribution in [0.2, 0.25) is 0 Å². The monoisotopic (exact) mass is 374 g/mol. The Kier molecular flexibility index (Phi) is 4.43. The van der Waals surface area contributed by atoms with Gasteiger partial charge in [0.25, 0.3) is 0 Å². The molecule has 0 radical (unpaired) electrons. The zero-order valence-corrected chi connectivity index (χ0v) is 14.9. The quantitative estimate of drug-likeness (QED) is 0.650. The SMILES string of the molecule is COC(=O)c1cnc(Nc2nc(N3CCC[C@H]3CO)nn3cccc23)s1. The summed E-state index contributed by atoms with van der Waals surface area (Å²) in [7, 11) is 1.34. The van der Waals surface area contributed by atoms with Gasteiger partial charge in [0.15, 0.2) is 10.9 Å². The van der Waals surface area contributed by atoms with Crippen molar-refractivity contribution in [1.82, 2.24) is 19.6 Å². The summed E-state index contributed by atoms with van der Waals surface area (Å²) in [6.07, 6.45) is 5.23. The van der Waals surface area contributed by atoms with E-state index in [1.165, 1.54) is 24.6 Å². The summed E-state index contributed by atoms with van der Waals surface area (Å²) >= 11 is 1.19. The Bertz CT molecular complexity index is 939. The summed E-state index contributed by atoms with van der Waals surface area (Å²) in [5.41, 5.74) is 0.795. The van der Waals surface area contributed by atoms with Crippen LogP contribution in [0.25, 0.3) is 5.52 Å². The smallest absolute Gasteiger partial charge is 0.349 e. The molecule has 1 saturated heterocycles. The Morgan fingerprint density at radius 2 is 2.42 bits per heavy atom. The minimum atomic E-state index is -0.422. The lowest BCUT2D eigenvalue weighted by molar-refractivity contribution is 0.0606. The molecule has 1 atom stereocenters. The average molecular weight is 374 g/mol. The van der Waals surface area contributed by atoms with Gasteiger partial charge in [-0.1, -0.05) is 11.3 Å². The maximum absolute atomic E-state index is 11.6. The molecule has 2 N–H and O–H groups in total. The van der Waals surface area contributed by atoms with Crippen LogP contribution in [0.5, 0.6) is 0 Å². The second-order valence-corrected chi connectivity index (χ2v) is 6.95. The Hall–Kier alpha value is -2.72. The topological polar surface area (TPSA) is 105 Å². The maximum Gasteiger partial charge on any atom is 0.349 e. The minimum absolute atomic E-state index is 0.0293. The van der Waals surface area contributed by atoms with Crippen LogP contribution in [-0.2, 0) is 4.74 Å². The second-order valence-electron chi connectivity index (χ2n) is 5.92. The number of esters is 1. The number of fused-ring (bicyclic) bond motifs is 1. The number of carbonyl (C=O) groups is 1. The zero-order valence-electron chi connectivity index (χ0n) is 14.1. The first kappa shape index (κ1) is 16.7. The number of rotatable bonds is 5. The third-order valence-electron chi connectivity index (χ3n) is 4.34. The summed E-state index contributed by atoms with van der Waals surface area (Å²) in [6, 6.07) is 3.81. The summed E-state index contributed by atoms with van der Waals surface area (Å²) in [5, 5.41) is 17.8. The highest BCUT2D eigenvalue weighted by atomic mass is 32.1. The van der Waals surface area contributed by atoms with E-state index in [-0.39, 0.29) is 12.6 Å². The van der Waals surface area contributed by atoms with E-state index in [1.807, 2.05) is 23.2 Å². The van der Waals surface area contributed by atoms with Gasteiger partial charge in [-0.25, -0.2) is 14.3 Å². The number of anilines is 3. The van der Waals surface area contributed by atoms with Crippen molar-refractivity contribution >= 4 is 39.7 Å². The molecular formula is C16H18N6O3S. The molecule has 0 bridgehead atoms. The van der Waals surface area contributed by atoms with Crippen molar-refractivity contribution < 1.29 is 14.6 Å². The minimum Gasteiger partial charge on any atom is -0.465 e. The molecule has 1 aliphatic heterocycles. The van der Waals surface area contributed by atoms with Gasteiger partial charge < -0.3 is 20.1 Å². The molecule has 4 heterocycles. The molecule has 4 rings (SSSR count). The van der Waals surface area contributed by atoms with Crippen molar-refractivity contribution in [3.05, 3.63) is 29.4 Å². The number of thiazole rings is 1. The fraction of sp³-hybridized carbons (Fsp3) is 0.375. The van der Waals surface area contributed by atoms with Crippen molar-refractivity contribution in [1.29, 1.82) is 0 Å². The van der Waals surface area contributed by atoms with Crippen LogP contribution in [0.1, 0.15) is 22.5 Å². The Balaban J connectivity index is 1.69. The fourth-order valence-electron chi connectivity index (χ4n) is 3.05. The lowest BCUT2D eigenvalue weighted by Gasteiger charge is -2.23. The van der Waals surface area contributed by atoms with Gasteiger partial charge >= 0.3 is 5.97 Å². The number of nitrogens with one attached hydrogen (secondary N) is 1. The predicted octanol–water partition coefficient (Wildman–Crippen LogP) is 1.68. The van der Waals surface area contributed by atoms with Gasteiger partial charge in [-0.3, -0.25) is 0 Å². The van der Waals surface area contributed by atoms with Crippen LogP contribution < -0.4 is 10.2 Å². The molecule has 0 saturated carbocycles. The number of hydrogen-bond acceptors (Lipinski definition) is 9. The normalized spacial score (nSPS) is 17.0. The van der Waals surface area contributed by atoms with Crippen LogP contribution in [0.15, 0.2) is 24.5 Å². The van der Waals surface area contributed by atoms with Gasteiger partial charge in [-0.2, -0.15) is 4.98 Å². The van der Waals surface area contributed by atoms with Crippen LogP contribution in [0.3, 0.4) is 0 Å². The average Bonchev–Trinajstić information content (AvgIpc) is 3.40. The van der Waals surface area contributed by atoms with Crippen molar-refractivity contribution in [2.24, 2.45) is 0 Å². The lowest BCUT2D eigenvalue weighted by atomic mass is 10.2. The number of nitrogens with zero attached hydrogens (tertiary/aromatic N) is 5. The molecule has 0 unspecified atom stereocenters. The van der Waals surface area contributed by atoms with Crippen LogP contribution in [0, 0.1) is 0 Å². The first-order valence-electron chi connectivity index (χ1n) is 8.23. The van der Waals surface area contributed by atoms with Crippen molar-refractivity contribution in [2.45, 2.75) is 18.9 Å². The Labute approximate surface area is 153 Å². The molecule has 3 aromatic heterocycles. The van der Waals surface area contributed by atoms with Crippen LogP contribution in [-0.4, -0.2) is 57.0 Å². The largest absolute Gasteiger partial charge is 0.465 e. The van der Waals surface area contributed by atoms with Gasteiger partial charge in [-0.05, 0) is 25.0 Å². The van der Waals surface area contributed by atoms with Gasteiger partial charge in [-0.15, -0.1) is 5.10 Å². The predicted molar refractivity (Wildman–Crippen MR) is 97.2 cm³/mol. The van der Waals surface area contributed by atoms with E-state index < -0.39 is 5.97 Å². The lowest BCUT2D eigenvalue weighted by Crippen LogP contribution is -2.34. The fourth-order valence-corrected chi connectivity index (χ4v) is 3.79. The molecule has 136 valence electrons. The Morgan fingerprint density at radius 1 is 1.54 bits per heavy atom. The van der Waals surface area contributed by atoms with Crippen LogP contribution in [0.4, 0.5) is 16.9 Å². The number of aliphatic hydroxyl groups is 1. The first-order valence-corrected chi connectivity index (χ1v) is 9.05. The molecule has 0 aliphatic carbocycles. The van der Waals surface area contributed by atoms with Crippen LogP contribution >= 0.6 is 11.3 Å². The highest BCUT2D eigenvalue weighted by Crippen LogP contribution is 2.28. The molecule has 0 spiro atoms. The van der Waals surface area contributed by atoms with Crippen molar-refractivity contribution in [3.63, 3.8) is 0 Å². The van der Waals surface area contributed by atoms with E-state index in [0.717, 1.165) is 24.9 Å². The molecule has 26 heavy (non-hydrogen) atoms. The zero-order chi connectivity index (χ0) is 18.1. The van der Waals surface area contributed by atoms with Gasteiger partial charge in [0.05, 0.1) is 26.0 Å². The third-order valence-corrected chi connectivity index (χ3v) is 5.23. The van der Waals surface area contributed by atoms with E-state index in [1.54, 1.807) is 4.52 Å². The second kappa shape index (κ2) is 6.89. The number of carbonyl (C=O) groups excluding carboxylic acids is 1. The number of aliphatic hydroxyl groups excluding tert-OH is 1. The van der Waals surface area contributed by atoms with E-state index in [2.05, 4.69) is 20.4 Å². The summed E-state index contributed by atoms with van der Waals surface area (Å²) in [4.78, 5) is 22.9. The molecule has 9 nitrogen and oxygen atoms in total. The molecule has 3 aromatic rings. The highest BCUT2D eigenvalue weighted by molar-refractivity contribution is 7.17. The molecule has 10 heteroatoms. The van der Waals surface area contributed by atoms with E-state index in [4.69, 9.17) is 4.74 Å². The standard InChI is InChI=1S/C16H18N6O3S/c1-25-14(24)12-8-17-16(26-12)19-13-11-5-3-7-22(11)20-15(18-13)21-6-2-4-10(21)9-23/h3,5,7-8,10,23H,2,4,6,9H2,1H3,(H,17,18,19,20)/t10-/m0/s1. The Morgan fingerprint density at radius 3 is 3.23 bits per heavy atom. The first-order chi connectivity index (χ1) is 12.7. The molecule has 1 fully saturated rings. The third kappa shape index (κ3) is 2.97. The van der Waals surface area contributed by atoms with Gasteiger partial charge in [0, 0.05) is 12.7 Å². The van der Waals surface area contributed by atoms with E-state index in [0.29, 0.717) is 21.8 Å². The summed E-state index contributed by atoms with van der Waals surface area (Å²) in [6.45, 7) is 0.881. The molecule has 0 amide bonds. The highest BCUT2D eigenvalue weighted by Gasteiger charge is 2.27. The number of aromatic nitrogens is 4. The summed E-state index contributed by atoms with van der Waals surface area (Å²) < 4.78 is 6.45. The number of ether oxygens (including phenoxy) is 1. The van der Waals surface area contributed by atoms with Crippen molar-refractivity contribution in [3.8, 4) is 0 Å². The molecular weight excluding hydrogens is 356 g/mol. The van der Waals surface area contributed by atoms with Gasteiger partial charge in [0.1, 0.15) is 10.4 Å². The van der Waals surface area contributed by atoms with E-state index >= 15 is 0 Å².